The summed E-state index contributed by atoms with van der Waals surface area (Å²) in [5.41, 5.74) is -1.05. The molecule has 0 spiro atoms. The van der Waals surface area contributed by atoms with E-state index >= 15 is 0 Å². The van der Waals surface area contributed by atoms with Gasteiger partial charge in [0.1, 0.15) is 0 Å². The molecule has 7 nitrogen and oxygen atoms in total. The van der Waals surface area contributed by atoms with Crippen molar-refractivity contribution in [1.29, 1.82) is 0 Å². The molecule has 0 aliphatic carbocycles. The Morgan fingerprint density at radius 2 is 2.03 bits per heavy atom. The third-order valence-corrected chi connectivity index (χ3v) is 5.08. The van der Waals surface area contributed by atoms with Crippen LogP contribution in [0, 0.1) is 0 Å². The lowest BCUT2D eigenvalue weighted by atomic mass is 10.2. The molecule has 0 saturated heterocycles. The van der Waals surface area contributed by atoms with Crippen molar-refractivity contribution in [3.8, 4) is 11.4 Å². The molecule has 0 radical (unpaired) electrons. The van der Waals surface area contributed by atoms with Crippen LogP contribution >= 0.6 is 11.3 Å². The van der Waals surface area contributed by atoms with Crippen LogP contribution in [0.25, 0.3) is 5.69 Å². The van der Waals surface area contributed by atoms with Gasteiger partial charge >= 0.3 is 12.1 Å². The van der Waals surface area contributed by atoms with Gasteiger partial charge in [0.15, 0.2) is 11.9 Å². The number of alkyl halides is 3. The number of esters is 1. The van der Waals surface area contributed by atoms with Crippen molar-refractivity contribution < 1.29 is 32.2 Å². The molecule has 1 aromatic carbocycles. The zero-order valence-electron chi connectivity index (χ0n) is 16.5. The highest BCUT2D eigenvalue weighted by Crippen LogP contribution is 2.31. The van der Waals surface area contributed by atoms with Crippen molar-refractivity contribution in [3.05, 3.63) is 64.1 Å². The van der Waals surface area contributed by atoms with E-state index in [2.05, 4.69) is 10.4 Å². The Morgan fingerprint density at radius 1 is 1.26 bits per heavy atom. The summed E-state index contributed by atoms with van der Waals surface area (Å²) in [6, 6.07) is 8.15. The van der Waals surface area contributed by atoms with Gasteiger partial charge in [0.2, 0.25) is 5.69 Å². The average molecular weight is 453 g/mol. The van der Waals surface area contributed by atoms with Crippen molar-refractivity contribution in [2.24, 2.45) is 0 Å². The molecule has 1 amide bonds. The highest BCUT2D eigenvalue weighted by molar-refractivity contribution is 7.09. The van der Waals surface area contributed by atoms with Gasteiger partial charge in [0.05, 0.1) is 31.1 Å². The summed E-state index contributed by atoms with van der Waals surface area (Å²) < 4.78 is 50.2. The minimum Gasteiger partial charge on any atom is -0.493 e. The van der Waals surface area contributed by atoms with Gasteiger partial charge in [-0.05, 0) is 36.6 Å². The van der Waals surface area contributed by atoms with Crippen molar-refractivity contribution >= 4 is 23.2 Å². The number of hydrogen-bond acceptors (Lipinski definition) is 6. The molecule has 3 rings (SSSR count). The summed E-state index contributed by atoms with van der Waals surface area (Å²) >= 11 is 1.47. The highest BCUT2D eigenvalue weighted by Gasteiger charge is 2.31. The fraction of sp³-hybridized carbons (Fsp3) is 0.250. The molecule has 164 valence electrons. The van der Waals surface area contributed by atoms with E-state index in [0.29, 0.717) is 6.54 Å². The highest BCUT2D eigenvalue weighted by atomic mass is 32.1. The number of rotatable bonds is 7. The first-order chi connectivity index (χ1) is 14.7. The zero-order valence-corrected chi connectivity index (χ0v) is 17.3. The molecule has 2 aromatic heterocycles. The molecule has 1 N–H and O–H groups in total. The molecule has 11 heteroatoms. The second-order valence-corrected chi connectivity index (χ2v) is 7.42. The maximum Gasteiger partial charge on any atom is 0.416 e. The minimum atomic E-state index is -4.53. The standard InChI is InChI=1S/C20H18F3N3O4S/c1-12(18(27)24-10-15-7-4-8-31-15)30-19(28)17-16(29-2)11-26(25-17)14-6-3-5-13(9-14)20(21,22)23/h3-9,11-12H,10H2,1-2H3,(H,24,27). The van der Waals surface area contributed by atoms with Gasteiger partial charge in [-0.1, -0.05) is 12.1 Å². The monoisotopic (exact) mass is 453 g/mol. The predicted octanol–water partition coefficient (Wildman–Crippen LogP) is 3.82. The molecule has 31 heavy (non-hydrogen) atoms. The number of amides is 1. The number of nitrogens with one attached hydrogen (secondary N) is 1. The molecular weight excluding hydrogens is 435 g/mol. The number of ether oxygens (including phenoxy) is 2. The first kappa shape index (κ1) is 22.3. The van der Waals surface area contributed by atoms with Gasteiger partial charge in [-0.2, -0.15) is 18.3 Å². The number of methoxy groups -OCH3 is 1. The molecule has 2 heterocycles. The van der Waals surface area contributed by atoms with E-state index in [1.807, 2.05) is 17.5 Å². The number of benzene rings is 1. The van der Waals surface area contributed by atoms with Crippen molar-refractivity contribution in [1.82, 2.24) is 15.1 Å². The SMILES string of the molecule is COc1cn(-c2cccc(C(F)(F)F)c2)nc1C(=O)OC(C)C(=O)NCc1cccs1. The fourth-order valence-corrected chi connectivity index (χ4v) is 3.25. The first-order valence-corrected chi connectivity index (χ1v) is 9.89. The van der Waals surface area contributed by atoms with Crippen molar-refractivity contribution in [2.75, 3.05) is 7.11 Å². The quantitative estimate of drug-likeness (QED) is 0.550. The molecule has 1 atom stereocenters. The minimum absolute atomic E-state index is 0.00592. The van der Waals surface area contributed by atoms with Crippen LogP contribution in [0.2, 0.25) is 0 Å². The molecule has 0 bridgehead atoms. The Bertz CT molecular complexity index is 1060. The van der Waals surface area contributed by atoms with E-state index in [4.69, 9.17) is 9.47 Å². The van der Waals surface area contributed by atoms with E-state index in [1.54, 1.807) is 0 Å². The predicted molar refractivity (Wildman–Crippen MR) is 106 cm³/mol. The van der Waals surface area contributed by atoms with Crippen LogP contribution in [0.1, 0.15) is 27.9 Å². The van der Waals surface area contributed by atoms with Crippen LogP contribution < -0.4 is 10.1 Å². The summed E-state index contributed by atoms with van der Waals surface area (Å²) in [5.74, 6) is -1.45. The van der Waals surface area contributed by atoms with Crippen LogP contribution in [0.3, 0.4) is 0 Å². The van der Waals surface area contributed by atoms with Gasteiger partial charge in [-0.15, -0.1) is 11.3 Å². The second-order valence-electron chi connectivity index (χ2n) is 6.38. The topological polar surface area (TPSA) is 82.5 Å². The molecule has 1 unspecified atom stereocenters. The maximum atomic E-state index is 13.0. The summed E-state index contributed by atoms with van der Waals surface area (Å²) in [7, 11) is 1.28. The van der Waals surface area contributed by atoms with E-state index in [-0.39, 0.29) is 17.1 Å². The number of hydrogen-bond donors (Lipinski definition) is 1. The van der Waals surface area contributed by atoms with Gasteiger partial charge in [-0.3, -0.25) is 4.79 Å². The van der Waals surface area contributed by atoms with Gasteiger partial charge in [0.25, 0.3) is 5.91 Å². The van der Waals surface area contributed by atoms with Gasteiger partial charge in [0, 0.05) is 4.88 Å². The van der Waals surface area contributed by atoms with E-state index in [9.17, 15) is 22.8 Å². The van der Waals surface area contributed by atoms with Crippen LogP contribution in [0.15, 0.2) is 48.0 Å². The summed E-state index contributed by atoms with van der Waals surface area (Å²) in [4.78, 5) is 25.6. The Balaban J connectivity index is 1.73. The number of aromatic nitrogens is 2. The van der Waals surface area contributed by atoms with Crippen LogP contribution in [0.5, 0.6) is 5.75 Å². The van der Waals surface area contributed by atoms with Gasteiger partial charge < -0.3 is 14.8 Å². The largest absolute Gasteiger partial charge is 0.493 e. The molecule has 0 aliphatic rings. The van der Waals surface area contributed by atoms with Crippen LogP contribution in [0.4, 0.5) is 13.2 Å². The summed E-state index contributed by atoms with van der Waals surface area (Å²) in [6.07, 6.45) is -4.38. The van der Waals surface area contributed by atoms with E-state index in [0.717, 1.165) is 21.7 Å². The molecule has 0 aliphatic heterocycles. The van der Waals surface area contributed by atoms with Crippen LogP contribution in [-0.4, -0.2) is 34.9 Å². The third kappa shape index (κ3) is 5.43. The smallest absolute Gasteiger partial charge is 0.416 e. The lowest BCUT2D eigenvalue weighted by Gasteiger charge is -2.12. The van der Waals surface area contributed by atoms with E-state index < -0.39 is 29.7 Å². The molecular formula is C20H18F3N3O4S. The third-order valence-electron chi connectivity index (χ3n) is 4.20. The Kier molecular flexibility index (Phi) is 6.64. The normalized spacial score (nSPS) is 12.3. The molecule has 0 saturated carbocycles. The second kappa shape index (κ2) is 9.21. The Hall–Kier alpha value is -3.34. The average Bonchev–Trinajstić information content (AvgIpc) is 3.41. The number of halogens is 3. The molecule has 0 fully saturated rings. The van der Waals surface area contributed by atoms with Crippen molar-refractivity contribution in [3.63, 3.8) is 0 Å². The first-order valence-electron chi connectivity index (χ1n) is 9.01. The zero-order chi connectivity index (χ0) is 22.6. The summed E-state index contributed by atoms with van der Waals surface area (Å²) in [6.45, 7) is 1.70. The Labute approximate surface area is 179 Å². The maximum absolute atomic E-state index is 13.0. The van der Waals surface area contributed by atoms with E-state index in [1.165, 1.54) is 43.7 Å². The Morgan fingerprint density at radius 3 is 2.68 bits per heavy atom. The fourth-order valence-electron chi connectivity index (χ4n) is 2.61. The number of carbonyl (C=O) groups is 2. The number of carbonyl (C=O) groups excluding carboxylic acids is 2. The van der Waals surface area contributed by atoms with Crippen LogP contribution in [-0.2, 0) is 22.3 Å². The lowest BCUT2D eigenvalue weighted by Crippen LogP contribution is -2.35. The van der Waals surface area contributed by atoms with Crippen molar-refractivity contribution in [2.45, 2.75) is 25.7 Å². The summed E-state index contributed by atoms with van der Waals surface area (Å²) in [5, 5.41) is 8.52. The van der Waals surface area contributed by atoms with Gasteiger partial charge in [-0.25, -0.2) is 9.48 Å². The number of nitrogens with zero attached hydrogens (tertiary/aromatic N) is 2. The number of thiophene rings is 1. The lowest BCUT2D eigenvalue weighted by molar-refractivity contribution is -0.137. The molecule has 3 aromatic rings.